The maximum Gasteiger partial charge on any atom is 0.132 e. The molecule has 3 aliphatic rings. The molecule has 0 saturated carbocycles. The van der Waals surface area contributed by atoms with E-state index in [1.165, 1.54) is 22.3 Å². The van der Waals surface area contributed by atoms with Gasteiger partial charge >= 0.3 is 0 Å². The average Bonchev–Trinajstić information content (AvgIpc) is 2.35. The normalized spacial score (nSPS) is 30.8. The van der Waals surface area contributed by atoms with Gasteiger partial charge in [0.1, 0.15) is 5.60 Å². The highest BCUT2D eigenvalue weighted by Crippen LogP contribution is 2.52. The van der Waals surface area contributed by atoms with Gasteiger partial charge in [-0.05, 0) is 36.6 Å². The van der Waals surface area contributed by atoms with Gasteiger partial charge in [0.15, 0.2) is 0 Å². The first-order valence-corrected chi connectivity index (χ1v) is 5.72. The molecule has 0 aromatic heterocycles. The van der Waals surface area contributed by atoms with Crippen LogP contribution < -0.4 is 0 Å². The van der Waals surface area contributed by atoms with Crippen LogP contribution in [0.3, 0.4) is 0 Å². The van der Waals surface area contributed by atoms with Gasteiger partial charge in [0.2, 0.25) is 0 Å². The first-order chi connectivity index (χ1) is 7.70. The molecule has 2 unspecified atom stereocenters. The maximum absolute atomic E-state index is 5.83. The van der Waals surface area contributed by atoms with Crippen molar-refractivity contribution in [3.8, 4) is 0 Å². The van der Waals surface area contributed by atoms with Crippen LogP contribution >= 0.6 is 0 Å². The molecule has 4 rings (SSSR count). The van der Waals surface area contributed by atoms with Crippen LogP contribution in [-0.4, -0.2) is 7.11 Å². The minimum absolute atomic E-state index is 0.310. The van der Waals surface area contributed by atoms with E-state index in [-0.39, 0.29) is 5.60 Å². The van der Waals surface area contributed by atoms with Gasteiger partial charge in [-0.25, -0.2) is 0 Å². The lowest BCUT2D eigenvalue weighted by Gasteiger charge is -2.44. The molecule has 3 aliphatic carbocycles. The van der Waals surface area contributed by atoms with Crippen molar-refractivity contribution in [2.24, 2.45) is 0 Å². The zero-order valence-electron chi connectivity index (χ0n) is 9.95. The Morgan fingerprint density at radius 1 is 1.19 bits per heavy atom. The van der Waals surface area contributed by atoms with Crippen LogP contribution in [0.4, 0.5) is 0 Å². The number of benzene rings is 1. The van der Waals surface area contributed by atoms with E-state index in [1.807, 2.05) is 0 Å². The molecule has 1 heteroatoms. The third kappa shape index (κ3) is 0.946. The van der Waals surface area contributed by atoms with Crippen LogP contribution in [0.15, 0.2) is 47.6 Å². The summed E-state index contributed by atoms with van der Waals surface area (Å²) in [5.74, 6) is 0.452. The Bertz CT molecular complexity index is 510. The maximum atomic E-state index is 5.83. The molecule has 0 spiro atoms. The SMILES string of the molecule is COC12C=CC(C(C)=C1C)c1ccccc12. The van der Waals surface area contributed by atoms with E-state index < -0.39 is 0 Å². The van der Waals surface area contributed by atoms with Crippen molar-refractivity contribution < 1.29 is 4.74 Å². The van der Waals surface area contributed by atoms with E-state index in [9.17, 15) is 0 Å². The lowest BCUT2D eigenvalue weighted by Crippen LogP contribution is -2.37. The molecule has 1 aromatic carbocycles. The van der Waals surface area contributed by atoms with Gasteiger partial charge in [-0.1, -0.05) is 35.9 Å². The van der Waals surface area contributed by atoms with Gasteiger partial charge in [0.05, 0.1) is 0 Å². The predicted molar refractivity (Wildman–Crippen MR) is 65.4 cm³/mol. The van der Waals surface area contributed by atoms with Crippen LogP contribution in [0.2, 0.25) is 0 Å². The third-order valence-electron chi connectivity index (χ3n) is 4.16. The quantitative estimate of drug-likeness (QED) is 0.647. The molecule has 82 valence electrons. The lowest BCUT2D eigenvalue weighted by atomic mass is 9.66. The van der Waals surface area contributed by atoms with Gasteiger partial charge < -0.3 is 4.74 Å². The second-order valence-electron chi connectivity index (χ2n) is 4.67. The van der Waals surface area contributed by atoms with Crippen molar-refractivity contribution in [2.45, 2.75) is 25.4 Å². The Labute approximate surface area is 96.4 Å². The van der Waals surface area contributed by atoms with E-state index in [0.717, 1.165) is 0 Å². The molecule has 2 atom stereocenters. The molecule has 2 bridgehead atoms. The third-order valence-corrected chi connectivity index (χ3v) is 4.16. The van der Waals surface area contributed by atoms with Crippen molar-refractivity contribution in [1.29, 1.82) is 0 Å². The number of rotatable bonds is 1. The molecule has 0 fully saturated rings. The molecule has 1 nitrogen and oxygen atoms in total. The molecule has 0 saturated heterocycles. The standard InChI is InChI=1S/C15H16O/c1-10-11(2)15(16-3)9-8-12(10)13-6-4-5-7-14(13)15/h4-9,12H,1-3H3. The zero-order valence-corrected chi connectivity index (χ0v) is 9.95. The van der Waals surface area contributed by atoms with E-state index >= 15 is 0 Å². The van der Waals surface area contributed by atoms with Crippen LogP contribution in [0.1, 0.15) is 30.9 Å². The second-order valence-corrected chi connectivity index (χ2v) is 4.67. The van der Waals surface area contributed by atoms with E-state index in [0.29, 0.717) is 5.92 Å². The monoisotopic (exact) mass is 212 g/mol. The average molecular weight is 212 g/mol. The largest absolute Gasteiger partial charge is 0.365 e. The van der Waals surface area contributed by atoms with Gasteiger partial charge in [0, 0.05) is 13.0 Å². The molecule has 16 heavy (non-hydrogen) atoms. The molecule has 0 aliphatic heterocycles. The molecule has 0 N–H and O–H groups in total. The summed E-state index contributed by atoms with van der Waals surface area (Å²) < 4.78 is 5.83. The molecule has 1 aromatic rings. The number of methoxy groups -OCH3 is 1. The van der Waals surface area contributed by atoms with E-state index in [1.54, 1.807) is 7.11 Å². The van der Waals surface area contributed by atoms with Crippen molar-refractivity contribution in [1.82, 2.24) is 0 Å². The summed E-state index contributed by atoms with van der Waals surface area (Å²) in [6, 6.07) is 8.61. The molecule has 0 heterocycles. The fraction of sp³-hybridized carbons (Fsp3) is 0.333. The summed E-state index contributed by atoms with van der Waals surface area (Å²) >= 11 is 0. The fourth-order valence-electron chi connectivity index (χ4n) is 3.09. The Balaban J connectivity index is 2.35. The smallest absolute Gasteiger partial charge is 0.132 e. The lowest BCUT2D eigenvalue weighted by molar-refractivity contribution is 0.0542. The van der Waals surface area contributed by atoms with Gasteiger partial charge in [-0.2, -0.15) is 0 Å². The molecule has 0 amide bonds. The second kappa shape index (κ2) is 3.08. The zero-order chi connectivity index (χ0) is 11.3. The number of hydrogen-bond acceptors (Lipinski definition) is 1. The summed E-state index contributed by atoms with van der Waals surface area (Å²) in [4.78, 5) is 0. The van der Waals surface area contributed by atoms with Gasteiger partial charge in [0.25, 0.3) is 0 Å². The topological polar surface area (TPSA) is 9.23 Å². The number of allylic oxidation sites excluding steroid dienone is 2. The van der Waals surface area contributed by atoms with Crippen LogP contribution in [0, 0.1) is 0 Å². The first kappa shape index (κ1) is 9.86. The van der Waals surface area contributed by atoms with Gasteiger partial charge in [-0.3, -0.25) is 0 Å². The Hall–Kier alpha value is -1.34. The molecular weight excluding hydrogens is 196 g/mol. The van der Waals surface area contributed by atoms with Crippen LogP contribution in [0.5, 0.6) is 0 Å². The van der Waals surface area contributed by atoms with Crippen molar-refractivity contribution in [2.75, 3.05) is 7.11 Å². The highest BCUT2D eigenvalue weighted by Gasteiger charge is 2.43. The number of ether oxygens (including phenoxy) is 1. The van der Waals surface area contributed by atoms with Gasteiger partial charge in [-0.15, -0.1) is 0 Å². The van der Waals surface area contributed by atoms with Crippen LogP contribution in [0.25, 0.3) is 0 Å². The minimum atomic E-state index is -0.310. The first-order valence-electron chi connectivity index (χ1n) is 5.72. The summed E-state index contributed by atoms with van der Waals surface area (Å²) in [7, 11) is 1.80. The van der Waals surface area contributed by atoms with Crippen molar-refractivity contribution in [3.05, 3.63) is 58.7 Å². The van der Waals surface area contributed by atoms with E-state index in [4.69, 9.17) is 4.74 Å². The highest BCUT2D eigenvalue weighted by atomic mass is 16.5. The molecule has 0 radical (unpaired) electrons. The van der Waals surface area contributed by atoms with Crippen LogP contribution in [-0.2, 0) is 10.3 Å². The summed E-state index contributed by atoms with van der Waals surface area (Å²) in [5.41, 5.74) is 5.18. The molecular formula is C15H16O. The number of hydrogen-bond donors (Lipinski definition) is 0. The fourth-order valence-corrected chi connectivity index (χ4v) is 3.09. The summed E-state index contributed by atoms with van der Waals surface area (Å²) in [6.45, 7) is 4.40. The Morgan fingerprint density at radius 3 is 2.69 bits per heavy atom. The summed E-state index contributed by atoms with van der Waals surface area (Å²) in [6.07, 6.45) is 4.48. The van der Waals surface area contributed by atoms with E-state index in [2.05, 4.69) is 50.3 Å². The van der Waals surface area contributed by atoms with Crippen molar-refractivity contribution >= 4 is 0 Å². The highest BCUT2D eigenvalue weighted by molar-refractivity contribution is 5.58. The Kier molecular flexibility index (Phi) is 1.90. The minimum Gasteiger partial charge on any atom is -0.365 e. The van der Waals surface area contributed by atoms with Crippen molar-refractivity contribution in [3.63, 3.8) is 0 Å². The predicted octanol–water partition coefficient (Wildman–Crippen LogP) is 3.53. The Morgan fingerprint density at radius 2 is 1.94 bits per heavy atom. The summed E-state index contributed by atoms with van der Waals surface area (Å²) in [5, 5.41) is 0.